The molecular weight excluding hydrogens is 323 g/mol. The Labute approximate surface area is 135 Å². The van der Waals surface area contributed by atoms with E-state index in [1.54, 1.807) is 24.3 Å². The number of furan rings is 1. The van der Waals surface area contributed by atoms with Gasteiger partial charge in [0, 0.05) is 11.1 Å². The molecule has 0 amide bonds. The lowest BCUT2D eigenvalue weighted by molar-refractivity contribution is -0.111. The first-order valence-corrected chi connectivity index (χ1v) is 7.10. The third-order valence-electron chi connectivity index (χ3n) is 3.65. The number of alkyl halides is 1. The van der Waals surface area contributed by atoms with Gasteiger partial charge in [0.15, 0.2) is 5.78 Å². The summed E-state index contributed by atoms with van der Waals surface area (Å²) in [5, 5.41) is -0.506. The zero-order valence-corrected chi connectivity index (χ0v) is 12.7. The van der Waals surface area contributed by atoms with Gasteiger partial charge in [-0.3, -0.25) is 14.4 Å². The molecule has 0 aliphatic heterocycles. The normalized spacial score (nSPS) is 14.2. The summed E-state index contributed by atoms with van der Waals surface area (Å²) in [6.45, 7) is 0.799. The monoisotopic (exact) mass is 332 g/mol. The Bertz CT molecular complexity index is 874. The fraction of sp³-hybridized carbons (Fsp3) is 0.118. The van der Waals surface area contributed by atoms with Crippen LogP contribution in [0.4, 0.5) is 4.39 Å². The van der Waals surface area contributed by atoms with Gasteiger partial charge in [-0.05, 0) is 6.92 Å². The zero-order valence-electron chi connectivity index (χ0n) is 12.0. The summed E-state index contributed by atoms with van der Waals surface area (Å²) in [5.41, 5.74) is 0.794. The summed E-state index contributed by atoms with van der Waals surface area (Å²) in [4.78, 5) is 36.6. The molecule has 1 heterocycles. The number of hydrogen-bond acceptors (Lipinski definition) is 4. The molecule has 3 rings (SSSR count). The van der Waals surface area contributed by atoms with Crippen LogP contribution in [0, 0.1) is 6.92 Å². The first-order valence-electron chi connectivity index (χ1n) is 6.72. The molecule has 0 fully saturated rings. The summed E-state index contributed by atoms with van der Waals surface area (Å²) in [5.74, 6) is -2.64. The van der Waals surface area contributed by atoms with E-state index in [4.69, 9.17) is 16.0 Å². The van der Waals surface area contributed by atoms with Crippen molar-refractivity contribution in [1.29, 1.82) is 0 Å². The number of carbonyl (C=O) groups is 3. The molecule has 0 spiro atoms. The lowest BCUT2D eigenvalue weighted by Gasteiger charge is -2.12. The predicted octanol–water partition coefficient (Wildman–Crippen LogP) is 3.50. The van der Waals surface area contributed by atoms with Gasteiger partial charge < -0.3 is 4.42 Å². The largest absolute Gasteiger partial charge is 0.463 e. The summed E-state index contributed by atoms with van der Waals surface area (Å²) in [6.07, 6.45) is 1.06. The number of rotatable bonds is 3. The topological polar surface area (TPSA) is 64.3 Å². The SMILES string of the molecule is Cc1ccc(C(=O)c2coc3c2C(=O)C(=O)C(Cl)=C3CF)cc1. The fourth-order valence-corrected chi connectivity index (χ4v) is 2.62. The number of hydrogen-bond donors (Lipinski definition) is 0. The first-order chi connectivity index (χ1) is 11.0. The van der Waals surface area contributed by atoms with Gasteiger partial charge in [-0.15, -0.1) is 0 Å². The second-order valence-electron chi connectivity index (χ2n) is 5.13. The Kier molecular flexibility index (Phi) is 3.74. The smallest absolute Gasteiger partial charge is 0.245 e. The summed E-state index contributed by atoms with van der Waals surface area (Å²) in [7, 11) is 0. The Balaban J connectivity index is 2.15. The van der Waals surface area contributed by atoms with Gasteiger partial charge in [0.05, 0.1) is 11.1 Å². The van der Waals surface area contributed by atoms with Gasteiger partial charge in [-0.2, -0.15) is 0 Å². The molecule has 0 N–H and O–H groups in total. The number of fused-ring (bicyclic) bond motifs is 1. The van der Waals surface area contributed by atoms with Gasteiger partial charge in [0.1, 0.15) is 23.7 Å². The van der Waals surface area contributed by atoms with Crippen molar-refractivity contribution in [3.05, 3.63) is 63.6 Å². The van der Waals surface area contributed by atoms with Crippen LogP contribution in [0.25, 0.3) is 5.57 Å². The van der Waals surface area contributed by atoms with Gasteiger partial charge in [0.2, 0.25) is 11.6 Å². The van der Waals surface area contributed by atoms with Crippen LogP contribution in [0.15, 0.2) is 40.0 Å². The molecule has 0 bridgehead atoms. The molecule has 0 radical (unpaired) electrons. The van der Waals surface area contributed by atoms with Crippen molar-refractivity contribution >= 4 is 34.5 Å². The van der Waals surface area contributed by atoms with E-state index in [0.29, 0.717) is 5.56 Å². The fourth-order valence-electron chi connectivity index (χ4n) is 2.40. The number of ketones is 3. The minimum Gasteiger partial charge on any atom is -0.463 e. The number of benzene rings is 1. The van der Waals surface area contributed by atoms with Crippen LogP contribution in [-0.2, 0) is 4.79 Å². The minimum absolute atomic E-state index is 0.0719. The van der Waals surface area contributed by atoms with E-state index in [2.05, 4.69) is 0 Å². The van der Waals surface area contributed by atoms with Crippen LogP contribution in [0.1, 0.15) is 37.6 Å². The number of halogens is 2. The molecule has 1 aromatic heterocycles. The molecule has 0 unspecified atom stereocenters. The Morgan fingerprint density at radius 2 is 1.83 bits per heavy atom. The average molecular weight is 333 g/mol. The molecular formula is C17H10ClFO4. The molecule has 4 nitrogen and oxygen atoms in total. The summed E-state index contributed by atoms with van der Waals surface area (Å²) < 4.78 is 18.3. The van der Waals surface area contributed by atoms with E-state index in [1.165, 1.54) is 0 Å². The molecule has 0 saturated carbocycles. The van der Waals surface area contributed by atoms with Crippen LogP contribution in [0.3, 0.4) is 0 Å². The maximum absolute atomic E-state index is 13.1. The Morgan fingerprint density at radius 1 is 1.17 bits per heavy atom. The standard InChI is InChI=1S/C17H10ClFO4/c1-8-2-4-9(5-3-8)14(20)11-7-23-17-10(6-19)13(18)16(22)15(21)12(11)17/h2-5,7H,6H2,1H3. The minimum atomic E-state index is -1.07. The number of allylic oxidation sites excluding steroid dienone is 2. The summed E-state index contributed by atoms with van der Waals surface area (Å²) in [6, 6.07) is 6.70. The molecule has 1 aliphatic carbocycles. The highest BCUT2D eigenvalue weighted by Gasteiger charge is 2.38. The molecule has 1 aromatic carbocycles. The van der Waals surface area contributed by atoms with Crippen LogP contribution in [-0.4, -0.2) is 24.0 Å². The lowest BCUT2D eigenvalue weighted by atomic mass is 9.90. The molecule has 23 heavy (non-hydrogen) atoms. The second-order valence-corrected chi connectivity index (χ2v) is 5.51. The molecule has 2 aromatic rings. The van der Waals surface area contributed by atoms with E-state index in [9.17, 15) is 18.8 Å². The third kappa shape index (κ3) is 2.33. The Morgan fingerprint density at radius 3 is 2.43 bits per heavy atom. The van der Waals surface area contributed by atoms with Crippen LogP contribution in [0.5, 0.6) is 0 Å². The van der Waals surface area contributed by atoms with Crippen molar-refractivity contribution in [1.82, 2.24) is 0 Å². The quantitative estimate of drug-likeness (QED) is 0.637. The highest BCUT2D eigenvalue weighted by Crippen LogP contribution is 2.35. The van der Waals surface area contributed by atoms with Crippen LogP contribution >= 0.6 is 11.6 Å². The van der Waals surface area contributed by atoms with Gasteiger partial charge >= 0.3 is 0 Å². The molecule has 0 atom stereocenters. The maximum Gasteiger partial charge on any atom is 0.245 e. The molecule has 0 saturated heterocycles. The molecule has 1 aliphatic rings. The number of carbonyl (C=O) groups excluding carboxylic acids is 3. The second kappa shape index (κ2) is 5.59. The van der Waals surface area contributed by atoms with Crippen molar-refractivity contribution in [3.63, 3.8) is 0 Å². The van der Waals surface area contributed by atoms with E-state index < -0.39 is 29.1 Å². The van der Waals surface area contributed by atoms with Crippen molar-refractivity contribution in [2.24, 2.45) is 0 Å². The van der Waals surface area contributed by atoms with Gasteiger partial charge in [-0.25, -0.2) is 4.39 Å². The molecule has 6 heteroatoms. The van der Waals surface area contributed by atoms with E-state index in [0.717, 1.165) is 11.8 Å². The van der Waals surface area contributed by atoms with E-state index in [-0.39, 0.29) is 22.5 Å². The van der Waals surface area contributed by atoms with Crippen LogP contribution in [0.2, 0.25) is 0 Å². The number of Topliss-reactive ketones (excluding diaryl/α,β-unsaturated/α-hetero) is 2. The zero-order chi connectivity index (χ0) is 16.7. The average Bonchev–Trinajstić information content (AvgIpc) is 2.98. The highest BCUT2D eigenvalue weighted by atomic mass is 35.5. The van der Waals surface area contributed by atoms with E-state index >= 15 is 0 Å². The summed E-state index contributed by atoms with van der Waals surface area (Å²) >= 11 is 5.70. The van der Waals surface area contributed by atoms with Gasteiger partial charge in [0.25, 0.3) is 0 Å². The van der Waals surface area contributed by atoms with E-state index in [1.807, 2.05) is 6.92 Å². The highest BCUT2D eigenvalue weighted by molar-refractivity contribution is 6.64. The lowest BCUT2D eigenvalue weighted by Crippen LogP contribution is -2.23. The van der Waals surface area contributed by atoms with Crippen LogP contribution < -0.4 is 0 Å². The predicted molar refractivity (Wildman–Crippen MR) is 81.4 cm³/mol. The molecule has 116 valence electrons. The van der Waals surface area contributed by atoms with Crippen molar-refractivity contribution in [2.75, 3.05) is 6.67 Å². The number of aryl methyl sites for hydroxylation is 1. The maximum atomic E-state index is 13.1. The first kappa shape index (κ1) is 15.4. The Hall–Kier alpha value is -2.53. The third-order valence-corrected chi connectivity index (χ3v) is 4.05. The van der Waals surface area contributed by atoms with Crippen molar-refractivity contribution in [2.45, 2.75) is 6.92 Å². The van der Waals surface area contributed by atoms with Crippen molar-refractivity contribution in [3.8, 4) is 0 Å². The van der Waals surface area contributed by atoms with Crippen molar-refractivity contribution < 1.29 is 23.2 Å². The van der Waals surface area contributed by atoms with Gasteiger partial charge in [-0.1, -0.05) is 41.4 Å².